The van der Waals surface area contributed by atoms with Gasteiger partial charge in [-0.05, 0) is 24.3 Å². The van der Waals surface area contributed by atoms with Crippen LogP contribution in [0.4, 0.5) is 17.2 Å². The van der Waals surface area contributed by atoms with Gasteiger partial charge in [0.1, 0.15) is 11.6 Å². The van der Waals surface area contributed by atoms with E-state index in [0.717, 1.165) is 11.4 Å². The third kappa shape index (κ3) is 2.79. The fraction of sp³-hybridized carbons (Fsp3) is 0.0833. The van der Waals surface area contributed by atoms with Crippen molar-refractivity contribution >= 4 is 28.8 Å². The van der Waals surface area contributed by atoms with Crippen LogP contribution in [0.1, 0.15) is 0 Å². The summed E-state index contributed by atoms with van der Waals surface area (Å²) in [6, 6.07) is 9.04. The van der Waals surface area contributed by atoms with Crippen molar-refractivity contribution in [2.75, 3.05) is 18.2 Å². The summed E-state index contributed by atoms with van der Waals surface area (Å²) < 4.78 is 5.08. The summed E-state index contributed by atoms with van der Waals surface area (Å²) in [5.74, 6) is 1.11. The molecule has 1 aromatic heterocycles. The molecule has 3 N–H and O–H groups in total. The lowest BCUT2D eigenvalue weighted by Gasteiger charge is -2.09. The number of nitrogens with one attached hydrogen (secondary N) is 1. The zero-order valence-electron chi connectivity index (χ0n) is 9.27. The molecule has 4 nitrogen and oxygen atoms in total. The predicted molar refractivity (Wildman–Crippen MR) is 69.9 cm³/mol. The van der Waals surface area contributed by atoms with Crippen molar-refractivity contribution in [3.63, 3.8) is 0 Å². The van der Waals surface area contributed by atoms with Gasteiger partial charge in [-0.1, -0.05) is 11.6 Å². The molecular formula is C12H12ClN3O. The van der Waals surface area contributed by atoms with Gasteiger partial charge in [-0.15, -0.1) is 0 Å². The molecule has 0 saturated heterocycles. The van der Waals surface area contributed by atoms with Crippen molar-refractivity contribution in [1.29, 1.82) is 0 Å². The molecule has 0 radical (unpaired) electrons. The van der Waals surface area contributed by atoms with Crippen LogP contribution in [-0.4, -0.2) is 12.1 Å². The van der Waals surface area contributed by atoms with E-state index in [1.165, 1.54) is 0 Å². The molecule has 1 heterocycles. The minimum atomic E-state index is 0.467. The minimum Gasteiger partial charge on any atom is -0.495 e. The average Bonchev–Trinajstić information content (AvgIpc) is 2.29. The fourth-order valence-corrected chi connectivity index (χ4v) is 1.69. The van der Waals surface area contributed by atoms with Gasteiger partial charge in [0, 0.05) is 23.6 Å². The number of hydrogen-bond donors (Lipinski definition) is 2. The Balaban J connectivity index is 2.22. The summed E-state index contributed by atoms with van der Waals surface area (Å²) in [5, 5.41) is 3.73. The lowest BCUT2D eigenvalue weighted by atomic mass is 10.3. The van der Waals surface area contributed by atoms with Crippen molar-refractivity contribution < 1.29 is 4.74 Å². The molecule has 0 aliphatic carbocycles. The number of ether oxygens (including phenoxy) is 1. The zero-order valence-corrected chi connectivity index (χ0v) is 10.0. The number of nitrogens with zero attached hydrogens (tertiary/aromatic N) is 1. The van der Waals surface area contributed by atoms with Gasteiger partial charge in [0.25, 0.3) is 0 Å². The lowest BCUT2D eigenvalue weighted by Crippen LogP contribution is -1.94. The third-order valence-electron chi connectivity index (χ3n) is 2.22. The van der Waals surface area contributed by atoms with Crippen molar-refractivity contribution in [3.05, 3.63) is 41.6 Å². The number of hydrogen-bond acceptors (Lipinski definition) is 4. The third-order valence-corrected chi connectivity index (χ3v) is 2.52. The van der Waals surface area contributed by atoms with Crippen molar-refractivity contribution in [1.82, 2.24) is 4.98 Å². The quantitative estimate of drug-likeness (QED) is 0.878. The second-order valence-corrected chi connectivity index (χ2v) is 3.85. The molecule has 0 aliphatic heterocycles. The van der Waals surface area contributed by atoms with E-state index in [-0.39, 0.29) is 0 Å². The highest BCUT2D eigenvalue weighted by molar-refractivity contribution is 6.32. The van der Waals surface area contributed by atoms with Crippen LogP contribution in [0.25, 0.3) is 0 Å². The Hall–Kier alpha value is -1.94. The molecule has 17 heavy (non-hydrogen) atoms. The molecule has 0 fully saturated rings. The molecule has 0 amide bonds. The zero-order chi connectivity index (χ0) is 12.3. The van der Waals surface area contributed by atoms with E-state index in [1.807, 2.05) is 12.1 Å². The molecule has 0 atom stereocenters. The molecule has 0 spiro atoms. The molecule has 2 rings (SSSR count). The first-order valence-electron chi connectivity index (χ1n) is 5.01. The number of nitrogen functional groups attached to an aromatic ring is 1. The summed E-state index contributed by atoms with van der Waals surface area (Å²) >= 11 is 6.02. The number of anilines is 3. The number of rotatable bonds is 3. The largest absolute Gasteiger partial charge is 0.495 e. The molecule has 0 saturated carbocycles. The molecule has 1 aromatic carbocycles. The minimum absolute atomic E-state index is 0.467. The van der Waals surface area contributed by atoms with Crippen LogP contribution < -0.4 is 15.8 Å². The maximum absolute atomic E-state index is 6.02. The van der Waals surface area contributed by atoms with E-state index in [0.29, 0.717) is 16.6 Å². The molecule has 0 bridgehead atoms. The summed E-state index contributed by atoms with van der Waals surface area (Å²) in [7, 11) is 1.58. The Labute approximate surface area is 104 Å². The highest BCUT2D eigenvalue weighted by atomic mass is 35.5. The monoisotopic (exact) mass is 249 g/mol. The van der Waals surface area contributed by atoms with Gasteiger partial charge >= 0.3 is 0 Å². The Morgan fingerprint density at radius 3 is 2.65 bits per heavy atom. The van der Waals surface area contributed by atoms with E-state index < -0.39 is 0 Å². The van der Waals surface area contributed by atoms with Gasteiger partial charge in [-0.25, -0.2) is 4.98 Å². The first-order valence-corrected chi connectivity index (χ1v) is 5.39. The predicted octanol–water partition coefficient (Wildman–Crippen LogP) is 3.07. The topological polar surface area (TPSA) is 60.2 Å². The van der Waals surface area contributed by atoms with Crippen LogP contribution in [0.3, 0.4) is 0 Å². The normalized spacial score (nSPS) is 10.0. The van der Waals surface area contributed by atoms with Gasteiger partial charge in [-0.2, -0.15) is 0 Å². The van der Waals surface area contributed by atoms with Gasteiger partial charge < -0.3 is 15.8 Å². The van der Waals surface area contributed by atoms with Crippen molar-refractivity contribution in [3.8, 4) is 5.75 Å². The Morgan fingerprint density at radius 2 is 2.00 bits per heavy atom. The number of halogens is 1. The number of methoxy groups -OCH3 is 1. The molecular weight excluding hydrogens is 238 g/mol. The fourth-order valence-electron chi connectivity index (χ4n) is 1.44. The molecule has 88 valence electrons. The number of nitrogens with two attached hydrogens (primary N) is 1. The summed E-state index contributed by atoms with van der Waals surface area (Å²) in [4.78, 5) is 3.92. The standard InChI is InChI=1S/C12H12ClN3O/c1-17-11-3-2-8(6-10(11)13)16-9-4-5-15-12(14)7-9/h2-7H,1H3,(H3,14,15,16). The van der Waals surface area contributed by atoms with Crippen LogP contribution in [0, 0.1) is 0 Å². The van der Waals surface area contributed by atoms with Crippen LogP contribution in [-0.2, 0) is 0 Å². The van der Waals surface area contributed by atoms with Gasteiger partial charge in [0.2, 0.25) is 0 Å². The maximum Gasteiger partial charge on any atom is 0.137 e. The number of benzene rings is 1. The highest BCUT2D eigenvalue weighted by Crippen LogP contribution is 2.28. The SMILES string of the molecule is COc1ccc(Nc2ccnc(N)c2)cc1Cl. The van der Waals surface area contributed by atoms with Crippen LogP contribution in [0.2, 0.25) is 5.02 Å². The number of pyridine rings is 1. The molecule has 5 heteroatoms. The van der Waals surface area contributed by atoms with Gasteiger partial charge in [0.15, 0.2) is 0 Å². The van der Waals surface area contributed by atoms with Crippen molar-refractivity contribution in [2.24, 2.45) is 0 Å². The van der Waals surface area contributed by atoms with E-state index >= 15 is 0 Å². The van der Waals surface area contributed by atoms with Crippen LogP contribution in [0.15, 0.2) is 36.5 Å². The van der Waals surface area contributed by atoms with E-state index in [4.69, 9.17) is 22.1 Å². The summed E-state index contributed by atoms with van der Waals surface area (Å²) in [6.07, 6.45) is 1.64. The van der Waals surface area contributed by atoms with E-state index in [9.17, 15) is 0 Å². The molecule has 0 aliphatic rings. The van der Waals surface area contributed by atoms with E-state index in [2.05, 4.69) is 10.3 Å². The maximum atomic E-state index is 6.02. The second kappa shape index (κ2) is 4.93. The number of aromatic nitrogens is 1. The lowest BCUT2D eigenvalue weighted by molar-refractivity contribution is 0.415. The van der Waals surface area contributed by atoms with Gasteiger partial charge in [-0.3, -0.25) is 0 Å². The summed E-state index contributed by atoms with van der Waals surface area (Å²) in [5.41, 5.74) is 7.31. The van der Waals surface area contributed by atoms with E-state index in [1.54, 1.807) is 31.5 Å². The second-order valence-electron chi connectivity index (χ2n) is 3.44. The Kier molecular flexibility index (Phi) is 3.35. The molecule has 0 unspecified atom stereocenters. The summed E-state index contributed by atoms with van der Waals surface area (Å²) in [6.45, 7) is 0. The Morgan fingerprint density at radius 1 is 1.24 bits per heavy atom. The van der Waals surface area contributed by atoms with Crippen LogP contribution in [0.5, 0.6) is 5.75 Å². The van der Waals surface area contributed by atoms with Crippen LogP contribution >= 0.6 is 11.6 Å². The Bertz CT molecular complexity index is 531. The molecule has 2 aromatic rings. The first kappa shape index (κ1) is 11.5. The average molecular weight is 250 g/mol. The first-order chi connectivity index (χ1) is 8.19. The van der Waals surface area contributed by atoms with Gasteiger partial charge in [0.05, 0.1) is 12.1 Å². The highest BCUT2D eigenvalue weighted by Gasteiger charge is 2.02. The smallest absolute Gasteiger partial charge is 0.137 e. The van der Waals surface area contributed by atoms with Crippen molar-refractivity contribution in [2.45, 2.75) is 0 Å².